The lowest BCUT2D eigenvalue weighted by Gasteiger charge is -2.30. The van der Waals surface area contributed by atoms with Gasteiger partial charge in [-0.2, -0.15) is 4.31 Å². The number of piperidine rings is 1. The summed E-state index contributed by atoms with van der Waals surface area (Å²) in [6.07, 6.45) is 3.01. The summed E-state index contributed by atoms with van der Waals surface area (Å²) in [5, 5.41) is 2.97. The van der Waals surface area contributed by atoms with Crippen LogP contribution in [0.4, 0.5) is 5.69 Å². The van der Waals surface area contributed by atoms with Crippen LogP contribution in [0.1, 0.15) is 24.0 Å². The van der Waals surface area contributed by atoms with E-state index in [4.69, 9.17) is 0 Å². The summed E-state index contributed by atoms with van der Waals surface area (Å²) in [5.74, 6) is -0.212. The molecule has 0 atom stereocenters. The molecule has 5 nitrogen and oxygen atoms in total. The first-order chi connectivity index (χ1) is 13.3. The van der Waals surface area contributed by atoms with Crippen LogP contribution in [0.25, 0.3) is 0 Å². The number of hydrogen-bond donors (Lipinski definition) is 1. The second-order valence-corrected chi connectivity index (χ2v) is 9.96. The lowest BCUT2D eigenvalue weighted by atomic mass is 9.97. The number of anilines is 1. The molecule has 0 spiro atoms. The summed E-state index contributed by atoms with van der Waals surface area (Å²) in [4.78, 5) is 13.9. The van der Waals surface area contributed by atoms with Crippen molar-refractivity contribution >= 4 is 33.4 Å². The average molecular weight is 419 g/mol. The number of nitrogens with one attached hydrogen (secondary N) is 1. The molecule has 2 aromatic carbocycles. The molecule has 1 saturated heterocycles. The van der Waals surface area contributed by atoms with Gasteiger partial charge in [-0.05, 0) is 80.5 Å². The second kappa shape index (κ2) is 8.68. The number of aryl methyl sites for hydroxylation is 2. The molecule has 2 aromatic rings. The fraction of sp³-hybridized carbons (Fsp3) is 0.381. The number of thioether (sulfide) groups is 1. The number of hydrogen-bond acceptors (Lipinski definition) is 4. The molecule has 0 radical (unpaired) electrons. The van der Waals surface area contributed by atoms with Gasteiger partial charge in [0.1, 0.15) is 0 Å². The molecular weight excluding hydrogens is 392 g/mol. The molecule has 0 unspecified atom stereocenters. The molecule has 7 heteroatoms. The third-order valence-electron chi connectivity index (χ3n) is 5.30. The zero-order chi connectivity index (χ0) is 20.3. The minimum absolute atomic E-state index is 0.0374. The Balaban J connectivity index is 1.61. The van der Waals surface area contributed by atoms with Crippen LogP contribution in [0.3, 0.4) is 0 Å². The SMILES string of the molecule is CSc1ccc(S(=O)(=O)N2CCC(C(=O)Nc3ccc(C)c(C)c3)CC2)cc1. The normalized spacial score (nSPS) is 16.1. The van der Waals surface area contributed by atoms with E-state index >= 15 is 0 Å². The van der Waals surface area contributed by atoms with Crippen molar-refractivity contribution in [2.45, 2.75) is 36.5 Å². The highest BCUT2D eigenvalue weighted by atomic mass is 32.2. The third-order valence-corrected chi connectivity index (χ3v) is 7.95. The Morgan fingerprint density at radius 3 is 2.25 bits per heavy atom. The summed E-state index contributed by atoms with van der Waals surface area (Å²) in [6, 6.07) is 12.8. The number of sulfonamides is 1. The molecule has 1 N–H and O–H groups in total. The Kier molecular flexibility index (Phi) is 6.47. The maximum Gasteiger partial charge on any atom is 0.243 e. The molecule has 0 aromatic heterocycles. The Morgan fingerprint density at radius 2 is 1.68 bits per heavy atom. The van der Waals surface area contributed by atoms with Crippen molar-refractivity contribution < 1.29 is 13.2 Å². The Labute approximate surface area is 171 Å². The van der Waals surface area contributed by atoms with Gasteiger partial charge in [0.25, 0.3) is 0 Å². The van der Waals surface area contributed by atoms with E-state index in [1.807, 2.05) is 50.4 Å². The molecule has 0 bridgehead atoms. The number of carbonyl (C=O) groups is 1. The summed E-state index contributed by atoms with van der Waals surface area (Å²) in [7, 11) is -3.51. The van der Waals surface area contributed by atoms with Crippen LogP contribution < -0.4 is 5.32 Å². The molecule has 1 amide bonds. The second-order valence-electron chi connectivity index (χ2n) is 7.14. The van der Waals surface area contributed by atoms with Crippen molar-refractivity contribution in [3.63, 3.8) is 0 Å². The predicted molar refractivity (Wildman–Crippen MR) is 114 cm³/mol. The molecule has 1 heterocycles. The van der Waals surface area contributed by atoms with Gasteiger partial charge in [-0.1, -0.05) is 6.07 Å². The number of rotatable bonds is 5. The van der Waals surface area contributed by atoms with Crippen LogP contribution in [-0.4, -0.2) is 38.0 Å². The van der Waals surface area contributed by atoms with Crippen LogP contribution in [-0.2, 0) is 14.8 Å². The van der Waals surface area contributed by atoms with E-state index in [-0.39, 0.29) is 11.8 Å². The maximum atomic E-state index is 12.8. The van der Waals surface area contributed by atoms with Gasteiger partial charge in [0.05, 0.1) is 4.90 Å². The number of amides is 1. The van der Waals surface area contributed by atoms with Crippen molar-refractivity contribution in [1.29, 1.82) is 0 Å². The first-order valence-electron chi connectivity index (χ1n) is 9.33. The number of benzene rings is 2. The van der Waals surface area contributed by atoms with Gasteiger partial charge in [0.2, 0.25) is 15.9 Å². The van der Waals surface area contributed by atoms with Crippen molar-refractivity contribution in [3.05, 3.63) is 53.6 Å². The largest absolute Gasteiger partial charge is 0.326 e. The topological polar surface area (TPSA) is 66.5 Å². The Hall–Kier alpha value is -1.83. The zero-order valence-corrected chi connectivity index (χ0v) is 18.1. The highest BCUT2D eigenvalue weighted by Crippen LogP contribution is 2.26. The van der Waals surface area contributed by atoms with E-state index in [0.29, 0.717) is 30.8 Å². The van der Waals surface area contributed by atoms with Crippen LogP contribution >= 0.6 is 11.8 Å². The van der Waals surface area contributed by atoms with Gasteiger partial charge in [-0.3, -0.25) is 4.79 Å². The predicted octanol–water partition coefficient (Wildman–Crippen LogP) is 4.06. The van der Waals surface area contributed by atoms with Crippen molar-refractivity contribution in [2.75, 3.05) is 24.7 Å². The fourth-order valence-electron chi connectivity index (χ4n) is 3.32. The summed E-state index contributed by atoms with van der Waals surface area (Å²) < 4.78 is 27.2. The van der Waals surface area contributed by atoms with Crippen LogP contribution in [0.15, 0.2) is 52.3 Å². The molecular formula is C21H26N2O3S2. The number of carbonyl (C=O) groups excluding carboxylic acids is 1. The molecule has 28 heavy (non-hydrogen) atoms. The van der Waals surface area contributed by atoms with E-state index < -0.39 is 10.0 Å². The van der Waals surface area contributed by atoms with E-state index in [2.05, 4.69) is 5.32 Å². The third kappa shape index (κ3) is 4.59. The van der Waals surface area contributed by atoms with Crippen LogP contribution in [0.5, 0.6) is 0 Å². The highest BCUT2D eigenvalue weighted by Gasteiger charge is 2.32. The van der Waals surface area contributed by atoms with Gasteiger partial charge in [-0.25, -0.2) is 8.42 Å². The van der Waals surface area contributed by atoms with Gasteiger partial charge in [-0.15, -0.1) is 11.8 Å². The summed E-state index contributed by atoms with van der Waals surface area (Å²) in [5.41, 5.74) is 3.10. The van der Waals surface area contributed by atoms with Crippen molar-refractivity contribution in [3.8, 4) is 0 Å². The maximum absolute atomic E-state index is 12.8. The molecule has 1 aliphatic rings. The standard InChI is InChI=1S/C21H26N2O3S2/c1-15-4-5-18(14-16(15)2)22-21(24)17-10-12-23(13-11-17)28(25,26)20-8-6-19(27-3)7-9-20/h4-9,14,17H,10-13H2,1-3H3,(H,22,24). The van der Waals surface area contributed by atoms with E-state index in [9.17, 15) is 13.2 Å². The van der Waals surface area contributed by atoms with Gasteiger partial charge < -0.3 is 5.32 Å². The monoisotopic (exact) mass is 418 g/mol. The lowest BCUT2D eigenvalue weighted by Crippen LogP contribution is -2.41. The quantitative estimate of drug-likeness (QED) is 0.744. The average Bonchev–Trinajstić information content (AvgIpc) is 2.71. The van der Waals surface area contributed by atoms with E-state index in [1.165, 1.54) is 9.87 Å². The van der Waals surface area contributed by atoms with Crippen molar-refractivity contribution in [2.24, 2.45) is 5.92 Å². The fourth-order valence-corrected chi connectivity index (χ4v) is 5.20. The smallest absolute Gasteiger partial charge is 0.243 e. The Bertz CT molecular complexity index is 948. The van der Waals surface area contributed by atoms with Gasteiger partial charge in [0, 0.05) is 29.6 Å². The molecule has 1 aliphatic heterocycles. The zero-order valence-electron chi connectivity index (χ0n) is 16.4. The summed E-state index contributed by atoms with van der Waals surface area (Å²) in [6.45, 7) is 4.76. The summed E-state index contributed by atoms with van der Waals surface area (Å²) >= 11 is 1.58. The van der Waals surface area contributed by atoms with Gasteiger partial charge in [0.15, 0.2) is 0 Å². The first-order valence-corrected chi connectivity index (χ1v) is 12.0. The number of nitrogens with zero attached hydrogens (tertiary/aromatic N) is 1. The molecule has 150 valence electrons. The van der Waals surface area contributed by atoms with E-state index in [1.54, 1.807) is 23.9 Å². The molecule has 0 saturated carbocycles. The first kappa shape index (κ1) is 20.9. The highest BCUT2D eigenvalue weighted by molar-refractivity contribution is 7.98. The van der Waals surface area contributed by atoms with Crippen molar-refractivity contribution in [1.82, 2.24) is 4.31 Å². The molecule has 1 fully saturated rings. The minimum Gasteiger partial charge on any atom is -0.326 e. The van der Waals surface area contributed by atoms with Crippen LogP contribution in [0.2, 0.25) is 0 Å². The van der Waals surface area contributed by atoms with E-state index in [0.717, 1.165) is 16.1 Å². The molecule has 0 aliphatic carbocycles. The van der Waals surface area contributed by atoms with Gasteiger partial charge >= 0.3 is 0 Å². The Morgan fingerprint density at radius 1 is 1.04 bits per heavy atom. The molecule has 3 rings (SSSR count). The van der Waals surface area contributed by atoms with Crippen LogP contribution in [0, 0.1) is 19.8 Å². The minimum atomic E-state index is -3.51. The lowest BCUT2D eigenvalue weighted by molar-refractivity contribution is -0.120.